The molecule has 0 radical (unpaired) electrons. The van der Waals surface area contributed by atoms with Crippen molar-refractivity contribution in [2.24, 2.45) is 11.7 Å². The number of rotatable bonds is 7. The van der Waals surface area contributed by atoms with Crippen LogP contribution in [0.4, 0.5) is 0 Å². The standard InChI is InChI=1S/C17H22ClN5O/c1-2-4-15-16(17(24)20-10-14(19)11-7-8-11)21-22-23(15)13-6-3-5-12(18)9-13/h3,5-6,9,11,14H,2,4,7-8,10,19H2,1H3,(H,20,24). The van der Waals surface area contributed by atoms with E-state index in [1.165, 1.54) is 0 Å². The Morgan fingerprint density at radius 2 is 2.29 bits per heavy atom. The Balaban J connectivity index is 1.81. The Morgan fingerprint density at radius 1 is 1.50 bits per heavy atom. The smallest absolute Gasteiger partial charge is 0.273 e. The summed E-state index contributed by atoms with van der Waals surface area (Å²) in [5.41, 5.74) is 7.99. The van der Waals surface area contributed by atoms with Gasteiger partial charge in [0.15, 0.2) is 5.69 Å². The third-order valence-electron chi connectivity index (χ3n) is 4.24. The van der Waals surface area contributed by atoms with Crippen molar-refractivity contribution >= 4 is 17.5 Å². The highest BCUT2D eigenvalue weighted by atomic mass is 35.5. The van der Waals surface area contributed by atoms with Crippen LogP contribution in [0.1, 0.15) is 42.4 Å². The number of nitrogens with one attached hydrogen (secondary N) is 1. The number of halogens is 1. The first-order chi connectivity index (χ1) is 11.6. The summed E-state index contributed by atoms with van der Waals surface area (Å²) in [6, 6.07) is 7.37. The molecule has 3 N–H and O–H groups in total. The second kappa shape index (κ2) is 7.32. The van der Waals surface area contributed by atoms with Crippen molar-refractivity contribution in [1.29, 1.82) is 0 Å². The topological polar surface area (TPSA) is 85.8 Å². The number of benzene rings is 1. The largest absolute Gasteiger partial charge is 0.349 e. The molecule has 1 fully saturated rings. The molecule has 1 aromatic carbocycles. The first kappa shape index (κ1) is 16.9. The van der Waals surface area contributed by atoms with Gasteiger partial charge in [-0.2, -0.15) is 0 Å². The third kappa shape index (κ3) is 3.76. The zero-order chi connectivity index (χ0) is 17.1. The van der Waals surface area contributed by atoms with Crippen LogP contribution in [0.3, 0.4) is 0 Å². The zero-order valence-electron chi connectivity index (χ0n) is 13.7. The summed E-state index contributed by atoms with van der Waals surface area (Å²) < 4.78 is 1.69. The second-order valence-corrected chi connectivity index (χ2v) is 6.67. The molecule has 1 saturated carbocycles. The molecule has 1 aliphatic rings. The van der Waals surface area contributed by atoms with Gasteiger partial charge in [0.1, 0.15) is 0 Å². The predicted octanol–water partition coefficient (Wildman–Crippen LogP) is 2.34. The van der Waals surface area contributed by atoms with Crippen molar-refractivity contribution in [1.82, 2.24) is 20.3 Å². The van der Waals surface area contributed by atoms with E-state index in [0.29, 0.717) is 29.6 Å². The average Bonchev–Trinajstić information content (AvgIpc) is 3.34. The van der Waals surface area contributed by atoms with Crippen molar-refractivity contribution in [2.45, 2.75) is 38.6 Å². The maximum absolute atomic E-state index is 12.5. The molecule has 0 aliphatic heterocycles. The Morgan fingerprint density at radius 3 is 2.96 bits per heavy atom. The van der Waals surface area contributed by atoms with Gasteiger partial charge in [-0.3, -0.25) is 4.79 Å². The summed E-state index contributed by atoms with van der Waals surface area (Å²) in [6.45, 7) is 2.53. The Hall–Kier alpha value is -1.92. The number of hydrogen-bond acceptors (Lipinski definition) is 4. The van der Waals surface area contributed by atoms with Crippen LogP contribution in [0.2, 0.25) is 5.02 Å². The number of carbonyl (C=O) groups excluding carboxylic acids is 1. The van der Waals surface area contributed by atoms with Gasteiger partial charge >= 0.3 is 0 Å². The summed E-state index contributed by atoms with van der Waals surface area (Å²) in [4.78, 5) is 12.5. The van der Waals surface area contributed by atoms with Crippen LogP contribution in [0, 0.1) is 5.92 Å². The molecule has 7 heteroatoms. The Bertz CT molecular complexity index is 726. The molecule has 3 rings (SSSR count). The van der Waals surface area contributed by atoms with E-state index in [0.717, 1.165) is 30.6 Å². The van der Waals surface area contributed by atoms with Gasteiger partial charge in [0, 0.05) is 17.6 Å². The summed E-state index contributed by atoms with van der Waals surface area (Å²) in [7, 11) is 0. The van der Waals surface area contributed by atoms with Crippen molar-refractivity contribution in [2.75, 3.05) is 6.54 Å². The lowest BCUT2D eigenvalue weighted by molar-refractivity contribution is 0.0944. The molecular formula is C17H22ClN5O. The molecule has 6 nitrogen and oxygen atoms in total. The Labute approximate surface area is 146 Å². The molecule has 1 heterocycles. The minimum Gasteiger partial charge on any atom is -0.349 e. The fourth-order valence-electron chi connectivity index (χ4n) is 2.74. The molecule has 1 amide bonds. The van der Waals surface area contributed by atoms with E-state index in [-0.39, 0.29) is 11.9 Å². The average molecular weight is 348 g/mol. The summed E-state index contributed by atoms with van der Waals surface area (Å²) in [5, 5.41) is 11.8. The predicted molar refractivity (Wildman–Crippen MR) is 93.4 cm³/mol. The maximum Gasteiger partial charge on any atom is 0.273 e. The molecule has 0 bridgehead atoms. The third-order valence-corrected chi connectivity index (χ3v) is 4.48. The number of carbonyl (C=O) groups is 1. The summed E-state index contributed by atoms with van der Waals surface area (Å²) >= 11 is 6.06. The van der Waals surface area contributed by atoms with Crippen LogP contribution in [0.15, 0.2) is 24.3 Å². The second-order valence-electron chi connectivity index (χ2n) is 6.24. The molecule has 1 atom stereocenters. The lowest BCUT2D eigenvalue weighted by atomic mass is 10.1. The van der Waals surface area contributed by atoms with Gasteiger partial charge in [0.25, 0.3) is 5.91 Å². The molecule has 24 heavy (non-hydrogen) atoms. The normalized spacial score (nSPS) is 15.3. The first-order valence-electron chi connectivity index (χ1n) is 8.34. The van der Waals surface area contributed by atoms with E-state index in [9.17, 15) is 4.79 Å². The van der Waals surface area contributed by atoms with Gasteiger partial charge in [-0.05, 0) is 43.4 Å². The number of aromatic nitrogens is 3. The van der Waals surface area contributed by atoms with Crippen LogP contribution in [0.5, 0.6) is 0 Å². The summed E-state index contributed by atoms with van der Waals surface area (Å²) in [6.07, 6.45) is 3.90. The Kier molecular flexibility index (Phi) is 5.16. The van der Waals surface area contributed by atoms with Crippen LogP contribution in [0.25, 0.3) is 5.69 Å². The highest BCUT2D eigenvalue weighted by molar-refractivity contribution is 6.30. The molecule has 1 unspecified atom stereocenters. The van der Waals surface area contributed by atoms with E-state index in [1.807, 2.05) is 12.1 Å². The monoisotopic (exact) mass is 347 g/mol. The van der Waals surface area contributed by atoms with Gasteiger partial charge in [0.2, 0.25) is 0 Å². The van der Waals surface area contributed by atoms with E-state index < -0.39 is 0 Å². The van der Waals surface area contributed by atoms with Crippen LogP contribution in [-0.4, -0.2) is 33.5 Å². The molecular weight excluding hydrogens is 326 g/mol. The van der Waals surface area contributed by atoms with Gasteiger partial charge in [-0.25, -0.2) is 4.68 Å². The molecule has 0 saturated heterocycles. The highest BCUT2D eigenvalue weighted by Crippen LogP contribution is 2.31. The van der Waals surface area contributed by atoms with Crippen LogP contribution in [-0.2, 0) is 6.42 Å². The first-order valence-corrected chi connectivity index (χ1v) is 8.72. The number of amides is 1. The zero-order valence-corrected chi connectivity index (χ0v) is 14.5. The van der Waals surface area contributed by atoms with E-state index in [4.69, 9.17) is 17.3 Å². The fraction of sp³-hybridized carbons (Fsp3) is 0.471. The number of nitrogens with zero attached hydrogens (tertiary/aromatic N) is 3. The lowest BCUT2D eigenvalue weighted by Crippen LogP contribution is -2.39. The van der Waals surface area contributed by atoms with Gasteiger partial charge in [0.05, 0.1) is 11.4 Å². The minimum atomic E-state index is -0.220. The SMILES string of the molecule is CCCc1c(C(=O)NCC(N)C2CC2)nnn1-c1cccc(Cl)c1. The molecule has 2 aromatic rings. The quantitative estimate of drug-likeness (QED) is 0.805. The molecule has 1 aliphatic carbocycles. The van der Waals surface area contributed by atoms with Crippen molar-refractivity contribution in [3.05, 3.63) is 40.7 Å². The van der Waals surface area contributed by atoms with Gasteiger partial charge in [-0.15, -0.1) is 5.10 Å². The lowest BCUT2D eigenvalue weighted by Gasteiger charge is -2.11. The fourth-order valence-corrected chi connectivity index (χ4v) is 2.92. The van der Waals surface area contributed by atoms with Crippen molar-refractivity contribution < 1.29 is 4.79 Å². The van der Waals surface area contributed by atoms with Crippen LogP contribution < -0.4 is 11.1 Å². The van der Waals surface area contributed by atoms with E-state index >= 15 is 0 Å². The van der Waals surface area contributed by atoms with Crippen LogP contribution >= 0.6 is 11.6 Å². The molecule has 0 spiro atoms. The van der Waals surface area contributed by atoms with Gasteiger partial charge < -0.3 is 11.1 Å². The number of nitrogens with two attached hydrogens (primary N) is 1. The van der Waals surface area contributed by atoms with Gasteiger partial charge in [-0.1, -0.05) is 36.2 Å². The minimum absolute atomic E-state index is 0.0200. The van der Waals surface area contributed by atoms with E-state index in [1.54, 1.807) is 16.8 Å². The van der Waals surface area contributed by atoms with Crippen molar-refractivity contribution in [3.63, 3.8) is 0 Å². The molecule has 1 aromatic heterocycles. The number of hydrogen-bond donors (Lipinski definition) is 2. The highest BCUT2D eigenvalue weighted by Gasteiger charge is 2.29. The molecule has 128 valence electrons. The summed E-state index contributed by atoms with van der Waals surface area (Å²) in [5.74, 6) is 0.324. The van der Waals surface area contributed by atoms with Crippen molar-refractivity contribution in [3.8, 4) is 5.69 Å². The van der Waals surface area contributed by atoms with E-state index in [2.05, 4.69) is 22.6 Å². The maximum atomic E-state index is 12.5.